The lowest BCUT2D eigenvalue weighted by atomic mass is 10.1. The van der Waals surface area contributed by atoms with Gasteiger partial charge in [-0.05, 0) is 31.0 Å². The first kappa shape index (κ1) is 18.5. The van der Waals surface area contributed by atoms with Gasteiger partial charge < -0.3 is 4.90 Å². The molecule has 140 valence electrons. The summed E-state index contributed by atoms with van der Waals surface area (Å²) in [5, 5.41) is 0. The molecule has 9 heteroatoms. The number of rotatable bonds is 3. The Morgan fingerprint density at radius 3 is 2.04 bits per heavy atom. The molecule has 0 amide bonds. The Hall–Kier alpha value is -1.32. The van der Waals surface area contributed by atoms with Crippen molar-refractivity contribution in [2.75, 3.05) is 44.2 Å². The predicted molar refractivity (Wildman–Crippen MR) is 89.6 cm³/mol. The number of piperidine rings is 1. The quantitative estimate of drug-likeness (QED) is 0.813. The summed E-state index contributed by atoms with van der Waals surface area (Å²) in [6, 6.07) is 5.18. The summed E-state index contributed by atoms with van der Waals surface area (Å²) in [5.74, 6) is 0. The zero-order valence-electron chi connectivity index (χ0n) is 13.9. The molecule has 0 spiro atoms. The largest absolute Gasteiger partial charge is 0.416 e. The lowest BCUT2D eigenvalue weighted by Gasteiger charge is -2.38. The molecule has 2 heterocycles. The summed E-state index contributed by atoms with van der Waals surface area (Å²) in [4.78, 5) is 1.80. The number of halogens is 3. The standard InChI is InChI=1S/C16H22F3N3O2S/c17-16(18,19)14-5-4-6-15(13-14)20-9-11-22(12-10-20)25(23,24)21-7-2-1-3-8-21/h4-6,13H,1-3,7-12H2. The molecule has 1 aromatic rings. The average Bonchev–Trinajstić information content (AvgIpc) is 2.62. The maximum atomic E-state index is 12.8. The van der Waals surface area contributed by atoms with Crippen molar-refractivity contribution < 1.29 is 21.6 Å². The van der Waals surface area contributed by atoms with Crippen molar-refractivity contribution in [3.8, 4) is 0 Å². The number of benzene rings is 1. The van der Waals surface area contributed by atoms with Crippen LogP contribution in [0.1, 0.15) is 24.8 Å². The Balaban J connectivity index is 1.66. The number of hydrogen-bond donors (Lipinski definition) is 0. The van der Waals surface area contributed by atoms with Crippen molar-refractivity contribution in [3.05, 3.63) is 29.8 Å². The van der Waals surface area contributed by atoms with E-state index >= 15 is 0 Å². The highest BCUT2D eigenvalue weighted by molar-refractivity contribution is 7.86. The first-order chi connectivity index (χ1) is 11.8. The molecule has 0 saturated carbocycles. The van der Waals surface area contributed by atoms with E-state index in [1.54, 1.807) is 11.0 Å². The number of anilines is 1. The van der Waals surface area contributed by atoms with Gasteiger partial charge in [0.05, 0.1) is 5.56 Å². The zero-order chi connectivity index (χ0) is 18.1. The van der Waals surface area contributed by atoms with E-state index in [9.17, 15) is 21.6 Å². The lowest BCUT2D eigenvalue weighted by Crippen LogP contribution is -2.54. The fourth-order valence-electron chi connectivity index (χ4n) is 3.31. The van der Waals surface area contributed by atoms with Crippen LogP contribution in [0.15, 0.2) is 24.3 Å². The SMILES string of the molecule is O=S(=O)(N1CCCCC1)N1CCN(c2cccc(C(F)(F)F)c2)CC1. The van der Waals surface area contributed by atoms with Gasteiger partial charge in [0, 0.05) is 45.0 Å². The van der Waals surface area contributed by atoms with Gasteiger partial charge in [0.25, 0.3) is 10.2 Å². The minimum Gasteiger partial charge on any atom is -0.369 e. The Morgan fingerprint density at radius 1 is 0.840 bits per heavy atom. The van der Waals surface area contributed by atoms with Crippen molar-refractivity contribution in [3.63, 3.8) is 0 Å². The van der Waals surface area contributed by atoms with Crippen LogP contribution in [-0.4, -0.2) is 56.3 Å². The van der Waals surface area contributed by atoms with Crippen LogP contribution < -0.4 is 4.90 Å². The molecule has 0 aromatic heterocycles. The number of hydrogen-bond acceptors (Lipinski definition) is 3. The number of piperazine rings is 1. The third kappa shape index (κ3) is 4.09. The zero-order valence-corrected chi connectivity index (χ0v) is 14.7. The molecule has 2 aliphatic rings. The van der Waals surface area contributed by atoms with E-state index in [2.05, 4.69) is 0 Å². The van der Waals surface area contributed by atoms with Crippen molar-refractivity contribution in [1.29, 1.82) is 0 Å². The van der Waals surface area contributed by atoms with Crippen LogP contribution in [-0.2, 0) is 16.4 Å². The molecule has 0 N–H and O–H groups in total. The van der Waals surface area contributed by atoms with E-state index in [0.717, 1.165) is 31.4 Å². The summed E-state index contributed by atoms with van der Waals surface area (Å²) in [5.41, 5.74) is -0.210. The number of nitrogens with zero attached hydrogens (tertiary/aromatic N) is 3. The highest BCUT2D eigenvalue weighted by atomic mass is 32.2. The van der Waals surface area contributed by atoms with Crippen molar-refractivity contribution in [1.82, 2.24) is 8.61 Å². The van der Waals surface area contributed by atoms with E-state index in [1.807, 2.05) is 0 Å². The highest BCUT2D eigenvalue weighted by Crippen LogP contribution is 2.32. The Labute approximate surface area is 146 Å². The molecule has 2 fully saturated rings. The molecule has 0 unspecified atom stereocenters. The van der Waals surface area contributed by atoms with E-state index in [0.29, 0.717) is 31.9 Å². The van der Waals surface area contributed by atoms with Gasteiger partial charge in [-0.2, -0.15) is 30.2 Å². The Morgan fingerprint density at radius 2 is 1.44 bits per heavy atom. The molecule has 5 nitrogen and oxygen atoms in total. The van der Waals surface area contributed by atoms with E-state index in [4.69, 9.17) is 0 Å². The molecule has 25 heavy (non-hydrogen) atoms. The Kier molecular flexibility index (Phi) is 5.26. The summed E-state index contributed by atoms with van der Waals surface area (Å²) in [7, 11) is -3.46. The van der Waals surface area contributed by atoms with Crippen molar-refractivity contribution >= 4 is 15.9 Å². The van der Waals surface area contributed by atoms with Crippen LogP contribution in [0.3, 0.4) is 0 Å². The Bertz CT molecular complexity index is 695. The molecule has 1 aromatic carbocycles. The molecule has 3 rings (SSSR count). The van der Waals surface area contributed by atoms with Crippen LogP contribution in [0.5, 0.6) is 0 Å². The molecule has 0 aliphatic carbocycles. The fraction of sp³-hybridized carbons (Fsp3) is 0.625. The predicted octanol–water partition coefficient (Wildman–Crippen LogP) is 2.56. The van der Waals surface area contributed by atoms with Crippen molar-refractivity contribution in [2.24, 2.45) is 0 Å². The van der Waals surface area contributed by atoms with Gasteiger partial charge in [0.15, 0.2) is 0 Å². The minimum absolute atomic E-state index is 0.287. The molecule has 2 aliphatic heterocycles. The van der Waals surface area contributed by atoms with E-state index in [1.165, 1.54) is 14.7 Å². The molecular weight excluding hydrogens is 355 g/mol. The monoisotopic (exact) mass is 377 g/mol. The minimum atomic E-state index is -4.38. The first-order valence-electron chi connectivity index (χ1n) is 8.46. The normalized spacial score (nSPS) is 21.5. The van der Waals surface area contributed by atoms with Gasteiger partial charge in [0.1, 0.15) is 0 Å². The number of alkyl halides is 3. The van der Waals surface area contributed by atoms with Crippen molar-refractivity contribution in [2.45, 2.75) is 25.4 Å². The second-order valence-corrected chi connectivity index (χ2v) is 8.33. The summed E-state index contributed by atoms with van der Waals surface area (Å²) < 4.78 is 66.8. The van der Waals surface area contributed by atoms with E-state index < -0.39 is 21.9 Å². The van der Waals surface area contributed by atoms with Crippen LogP contribution in [0.4, 0.5) is 18.9 Å². The third-order valence-electron chi connectivity index (χ3n) is 4.74. The molecule has 0 atom stereocenters. The molecular formula is C16H22F3N3O2S. The summed E-state index contributed by atoms with van der Waals surface area (Å²) in [6.07, 6.45) is -1.57. The topological polar surface area (TPSA) is 43.9 Å². The second kappa shape index (κ2) is 7.13. The first-order valence-corrected chi connectivity index (χ1v) is 9.85. The second-order valence-electron chi connectivity index (χ2n) is 6.40. The van der Waals surface area contributed by atoms with Gasteiger partial charge in [-0.3, -0.25) is 0 Å². The lowest BCUT2D eigenvalue weighted by molar-refractivity contribution is -0.137. The fourth-order valence-corrected chi connectivity index (χ4v) is 4.99. The van der Waals surface area contributed by atoms with Crippen LogP contribution >= 0.6 is 0 Å². The molecule has 0 bridgehead atoms. The van der Waals surface area contributed by atoms with Gasteiger partial charge >= 0.3 is 6.18 Å². The van der Waals surface area contributed by atoms with Gasteiger partial charge in [-0.25, -0.2) is 0 Å². The van der Waals surface area contributed by atoms with Gasteiger partial charge in [0.2, 0.25) is 0 Å². The maximum absolute atomic E-state index is 12.8. The van der Waals surface area contributed by atoms with Crippen LogP contribution in [0.25, 0.3) is 0 Å². The highest BCUT2D eigenvalue weighted by Gasteiger charge is 2.34. The van der Waals surface area contributed by atoms with E-state index in [-0.39, 0.29) is 13.1 Å². The van der Waals surface area contributed by atoms with Crippen LogP contribution in [0.2, 0.25) is 0 Å². The average molecular weight is 377 g/mol. The van der Waals surface area contributed by atoms with Gasteiger partial charge in [-0.1, -0.05) is 12.5 Å². The summed E-state index contributed by atoms with van der Waals surface area (Å²) in [6.45, 7) is 2.44. The third-order valence-corrected chi connectivity index (χ3v) is 6.78. The smallest absolute Gasteiger partial charge is 0.369 e. The molecule has 0 radical (unpaired) electrons. The van der Waals surface area contributed by atoms with Gasteiger partial charge in [-0.15, -0.1) is 0 Å². The molecule has 2 saturated heterocycles. The maximum Gasteiger partial charge on any atom is 0.416 e. The summed E-state index contributed by atoms with van der Waals surface area (Å²) >= 11 is 0. The van der Waals surface area contributed by atoms with Crippen LogP contribution in [0, 0.1) is 0 Å².